The molecule has 1 unspecified atom stereocenters. The van der Waals surface area contributed by atoms with Crippen LogP contribution in [-0.2, 0) is 27.5 Å². The van der Waals surface area contributed by atoms with Crippen LogP contribution in [0.3, 0.4) is 0 Å². The Bertz CT molecular complexity index is 786. The van der Waals surface area contributed by atoms with E-state index < -0.39 is 21.1 Å². The fourth-order valence-electron chi connectivity index (χ4n) is 3.16. The van der Waals surface area contributed by atoms with Crippen LogP contribution in [-0.4, -0.2) is 30.5 Å². The van der Waals surface area contributed by atoms with E-state index in [1.165, 1.54) is 5.56 Å². The van der Waals surface area contributed by atoms with Crippen LogP contribution in [0.5, 0.6) is 0 Å². The molecule has 0 heterocycles. The first-order valence-electron chi connectivity index (χ1n) is 9.51. The van der Waals surface area contributed by atoms with E-state index in [0.29, 0.717) is 12.8 Å². The summed E-state index contributed by atoms with van der Waals surface area (Å²) in [7, 11) is -3.66. The lowest BCUT2D eigenvalue weighted by atomic mass is 10.0. The summed E-state index contributed by atoms with van der Waals surface area (Å²) in [5.41, 5.74) is 2.20. The summed E-state index contributed by atoms with van der Waals surface area (Å²) >= 11 is 0. The molecule has 0 saturated carbocycles. The van der Waals surface area contributed by atoms with Crippen LogP contribution in [0.1, 0.15) is 43.2 Å². The highest BCUT2D eigenvalue weighted by molar-refractivity contribution is 7.92. The summed E-state index contributed by atoms with van der Waals surface area (Å²) < 4.78 is 24.9. The second-order valence-electron chi connectivity index (χ2n) is 6.87. The number of hydrogen-bond acceptors (Lipinski definition) is 3. The molecule has 146 valence electrons. The van der Waals surface area contributed by atoms with Gasteiger partial charge >= 0.3 is 5.97 Å². The molecule has 0 fully saturated rings. The van der Waals surface area contributed by atoms with Crippen molar-refractivity contribution in [1.29, 1.82) is 0 Å². The molecule has 0 aliphatic carbocycles. The number of benzene rings is 2. The molecular formula is C22H28O4S. The molecular weight excluding hydrogens is 360 g/mol. The second kappa shape index (κ2) is 10.9. The minimum absolute atomic E-state index is 0.123. The number of sulfone groups is 1. The number of hydrogen-bond donors (Lipinski definition) is 1. The highest BCUT2D eigenvalue weighted by Crippen LogP contribution is 2.16. The van der Waals surface area contributed by atoms with E-state index in [4.69, 9.17) is 0 Å². The highest BCUT2D eigenvalue weighted by atomic mass is 32.2. The third kappa shape index (κ3) is 7.55. The van der Waals surface area contributed by atoms with Gasteiger partial charge in [0.05, 0.1) is 5.75 Å². The smallest absolute Gasteiger partial charge is 0.321 e. The Labute approximate surface area is 162 Å². The van der Waals surface area contributed by atoms with Gasteiger partial charge in [-0.2, -0.15) is 0 Å². The van der Waals surface area contributed by atoms with E-state index in [1.807, 2.05) is 48.5 Å². The fourth-order valence-corrected chi connectivity index (χ4v) is 4.80. The molecule has 0 aromatic heterocycles. The van der Waals surface area contributed by atoms with Gasteiger partial charge in [0.25, 0.3) is 0 Å². The van der Waals surface area contributed by atoms with Gasteiger partial charge in [-0.3, -0.25) is 4.79 Å². The summed E-state index contributed by atoms with van der Waals surface area (Å²) in [6, 6.07) is 19.5. The minimum atomic E-state index is -3.66. The Morgan fingerprint density at radius 1 is 0.778 bits per heavy atom. The van der Waals surface area contributed by atoms with Crippen molar-refractivity contribution in [2.75, 3.05) is 5.75 Å². The molecule has 0 spiro atoms. The summed E-state index contributed by atoms with van der Waals surface area (Å²) in [6.07, 6.45) is 5.02. The zero-order chi connectivity index (χ0) is 19.5. The van der Waals surface area contributed by atoms with Crippen LogP contribution < -0.4 is 0 Å². The lowest BCUT2D eigenvalue weighted by Gasteiger charge is -2.13. The number of carboxylic acid groups (broad SMARTS) is 1. The predicted molar refractivity (Wildman–Crippen MR) is 109 cm³/mol. The van der Waals surface area contributed by atoms with Crippen molar-refractivity contribution in [3.8, 4) is 0 Å². The number of aliphatic carboxylic acids is 1. The molecule has 2 aromatic rings. The van der Waals surface area contributed by atoms with E-state index in [1.54, 1.807) is 0 Å². The van der Waals surface area contributed by atoms with E-state index in [2.05, 4.69) is 12.1 Å². The third-order valence-electron chi connectivity index (χ3n) is 4.75. The fraction of sp³-hybridized carbons (Fsp3) is 0.409. The molecule has 1 atom stereocenters. The quantitative estimate of drug-likeness (QED) is 0.551. The maximum atomic E-state index is 12.5. The largest absolute Gasteiger partial charge is 0.480 e. The van der Waals surface area contributed by atoms with E-state index in [-0.39, 0.29) is 12.2 Å². The number of unbranched alkanes of at least 4 members (excludes halogenated alkanes) is 3. The van der Waals surface area contributed by atoms with Crippen LogP contribution in [0, 0.1) is 0 Å². The lowest BCUT2D eigenvalue weighted by Crippen LogP contribution is -2.32. The Kier molecular flexibility index (Phi) is 8.52. The first kappa shape index (κ1) is 21.2. The number of rotatable bonds is 12. The van der Waals surface area contributed by atoms with Crippen LogP contribution >= 0.6 is 0 Å². The Morgan fingerprint density at radius 3 is 1.85 bits per heavy atom. The molecule has 0 aliphatic heterocycles. The van der Waals surface area contributed by atoms with E-state index in [9.17, 15) is 18.3 Å². The van der Waals surface area contributed by atoms with Crippen molar-refractivity contribution in [1.82, 2.24) is 0 Å². The zero-order valence-electron chi connectivity index (χ0n) is 15.6. The molecule has 1 N–H and O–H groups in total. The van der Waals surface area contributed by atoms with Crippen LogP contribution in [0.15, 0.2) is 60.7 Å². The Hall–Kier alpha value is -2.14. The average Bonchev–Trinajstić information content (AvgIpc) is 2.67. The summed E-state index contributed by atoms with van der Waals surface area (Å²) in [4.78, 5) is 11.5. The molecule has 5 heteroatoms. The molecule has 2 rings (SSSR count). The van der Waals surface area contributed by atoms with Gasteiger partial charge in [-0.05, 0) is 36.8 Å². The zero-order valence-corrected chi connectivity index (χ0v) is 16.4. The average molecular weight is 389 g/mol. The molecule has 0 amide bonds. The molecule has 2 aromatic carbocycles. The maximum absolute atomic E-state index is 12.5. The Morgan fingerprint density at radius 2 is 1.30 bits per heavy atom. The van der Waals surface area contributed by atoms with Crippen molar-refractivity contribution in [3.63, 3.8) is 0 Å². The van der Waals surface area contributed by atoms with Crippen molar-refractivity contribution in [2.24, 2.45) is 0 Å². The van der Waals surface area contributed by atoms with Gasteiger partial charge in [-0.25, -0.2) is 8.42 Å². The van der Waals surface area contributed by atoms with Gasteiger partial charge in [0.1, 0.15) is 0 Å². The number of carboxylic acids is 1. The van der Waals surface area contributed by atoms with E-state index >= 15 is 0 Å². The van der Waals surface area contributed by atoms with Crippen LogP contribution in [0.25, 0.3) is 0 Å². The molecule has 0 saturated heterocycles. The van der Waals surface area contributed by atoms with Crippen molar-refractivity contribution >= 4 is 15.8 Å². The summed E-state index contributed by atoms with van der Waals surface area (Å²) in [6.45, 7) is 0. The monoisotopic (exact) mass is 388 g/mol. The summed E-state index contributed by atoms with van der Waals surface area (Å²) in [5.74, 6) is -1.35. The van der Waals surface area contributed by atoms with Gasteiger partial charge in [0.2, 0.25) is 0 Å². The molecule has 0 aliphatic rings. The molecule has 0 radical (unpaired) electrons. The van der Waals surface area contributed by atoms with Gasteiger partial charge < -0.3 is 5.11 Å². The molecule has 0 bridgehead atoms. The number of aryl methyl sites for hydroxylation is 2. The lowest BCUT2D eigenvalue weighted by molar-refractivity contribution is -0.136. The normalized spacial score (nSPS) is 12.6. The van der Waals surface area contributed by atoms with Gasteiger partial charge in [-0.1, -0.05) is 79.9 Å². The SMILES string of the molecule is O=C(O)C(CCCCCCc1ccccc1)S(=O)(=O)CCc1ccccc1. The van der Waals surface area contributed by atoms with Crippen LogP contribution in [0.4, 0.5) is 0 Å². The first-order chi connectivity index (χ1) is 13.0. The third-order valence-corrected chi connectivity index (χ3v) is 6.83. The van der Waals surface area contributed by atoms with Crippen LogP contribution in [0.2, 0.25) is 0 Å². The van der Waals surface area contributed by atoms with Gasteiger partial charge in [-0.15, -0.1) is 0 Å². The second-order valence-corrected chi connectivity index (χ2v) is 9.17. The van der Waals surface area contributed by atoms with Gasteiger partial charge in [0, 0.05) is 0 Å². The van der Waals surface area contributed by atoms with Gasteiger partial charge in [0.15, 0.2) is 15.1 Å². The molecule has 4 nitrogen and oxygen atoms in total. The van der Waals surface area contributed by atoms with Crippen molar-refractivity contribution in [3.05, 3.63) is 71.8 Å². The van der Waals surface area contributed by atoms with E-state index in [0.717, 1.165) is 31.2 Å². The maximum Gasteiger partial charge on any atom is 0.321 e. The van der Waals surface area contributed by atoms with Crippen molar-refractivity contribution in [2.45, 2.75) is 50.2 Å². The standard InChI is InChI=1S/C22H28O4S/c23-22(24)21(27(25,26)18-17-20-14-8-4-9-15-20)16-10-2-1-5-11-19-12-6-3-7-13-19/h3-4,6-9,12-15,21H,1-2,5,10-11,16-18H2,(H,23,24). The predicted octanol–water partition coefficient (Wildman–Crippen LogP) is 4.29. The number of carbonyl (C=O) groups is 1. The molecule has 27 heavy (non-hydrogen) atoms. The first-order valence-corrected chi connectivity index (χ1v) is 11.2. The van der Waals surface area contributed by atoms with Crippen molar-refractivity contribution < 1.29 is 18.3 Å². The highest BCUT2D eigenvalue weighted by Gasteiger charge is 2.31. The topological polar surface area (TPSA) is 71.4 Å². The Balaban J connectivity index is 1.74. The minimum Gasteiger partial charge on any atom is -0.480 e. The summed E-state index contributed by atoms with van der Waals surface area (Å²) in [5, 5.41) is 8.08.